The van der Waals surface area contributed by atoms with Crippen LogP contribution in [-0.2, 0) is 4.74 Å². The molecule has 3 heterocycles. The van der Waals surface area contributed by atoms with Gasteiger partial charge in [0, 0.05) is 29.8 Å². The first-order valence-corrected chi connectivity index (χ1v) is 13.6. The number of hydrogen-bond acceptors (Lipinski definition) is 11. The van der Waals surface area contributed by atoms with Gasteiger partial charge in [-0.3, -0.25) is 14.9 Å². The van der Waals surface area contributed by atoms with Crippen LogP contribution in [0.1, 0.15) is 62.0 Å². The van der Waals surface area contributed by atoms with Crippen LogP contribution in [0.4, 0.5) is 5.13 Å². The third-order valence-electron chi connectivity index (χ3n) is 6.03. The summed E-state index contributed by atoms with van der Waals surface area (Å²) >= 11 is 2.56. The van der Waals surface area contributed by atoms with Crippen LogP contribution in [0.5, 0.6) is 17.2 Å². The Balaban J connectivity index is 1.37. The molecular weight excluding hydrogens is 532 g/mol. The summed E-state index contributed by atoms with van der Waals surface area (Å²) in [6.45, 7) is 3.04. The lowest BCUT2D eigenvalue weighted by atomic mass is 9.97. The van der Waals surface area contributed by atoms with Crippen molar-refractivity contribution in [2.45, 2.75) is 25.7 Å². The van der Waals surface area contributed by atoms with Crippen LogP contribution in [0.2, 0.25) is 0 Å². The molecule has 0 aliphatic carbocycles. The largest absolute Gasteiger partial charge is 0.493 e. The first-order valence-electron chi connectivity index (χ1n) is 11.9. The lowest BCUT2D eigenvalue weighted by Gasteiger charge is -2.31. The average Bonchev–Trinajstić information content (AvgIpc) is 3.62. The van der Waals surface area contributed by atoms with E-state index in [1.807, 2.05) is 0 Å². The molecule has 1 saturated heterocycles. The Morgan fingerprint density at radius 1 is 0.974 bits per heavy atom. The van der Waals surface area contributed by atoms with Crippen LogP contribution in [0, 0.1) is 0 Å². The Kier molecular flexibility index (Phi) is 8.79. The van der Waals surface area contributed by atoms with Gasteiger partial charge in [-0.05, 0) is 31.9 Å². The molecule has 1 aromatic carbocycles. The normalized spacial score (nSPS) is 13.6. The number of carbonyl (C=O) groups excluding carboxylic acids is 3. The lowest BCUT2D eigenvalue weighted by Crippen LogP contribution is -2.38. The van der Waals surface area contributed by atoms with Crippen LogP contribution in [0.25, 0.3) is 0 Å². The van der Waals surface area contributed by atoms with E-state index in [4.69, 9.17) is 18.9 Å². The van der Waals surface area contributed by atoms with Crippen molar-refractivity contribution in [1.29, 1.82) is 0 Å². The summed E-state index contributed by atoms with van der Waals surface area (Å²) in [5.41, 5.74) is 0.842. The maximum absolute atomic E-state index is 13.3. The molecule has 2 aromatic heterocycles. The zero-order valence-corrected chi connectivity index (χ0v) is 23.1. The van der Waals surface area contributed by atoms with E-state index in [1.165, 1.54) is 38.0 Å². The Labute approximate surface area is 227 Å². The van der Waals surface area contributed by atoms with E-state index >= 15 is 0 Å². The molecule has 11 nitrogen and oxygen atoms in total. The van der Waals surface area contributed by atoms with Gasteiger partial charge in [0.1, 0.15) is 5.69 Å². The number of anilines is 1. The molecule has 1 aliphatic rings. The summed E-state index contributed by atoms with van der Waals surface area (Å²) in [6, 6.07) is 3.37. The third kappa shape index (κ3) is 5.73. The number of ether oxygens (including phenoxy) is 4. The average molecular weight is 561 g/mol. The van der Waals surface area contributed by atoms with Gasteiger partial charge in [-0.25, -0.2) is 14.8 Å². The first-order chi connectivity index (χ1) is 18.4. The van der Waals surface area contributed by atoms with Crippen molar-refractivity contribution >= 4 is 45.6 Å². The number of nitrogens with one attached hydrogen (secondary N) is 1. The molecule has 13 heteroatoms. The number of esters is 1. The van der Waals surface area contributed by atoms with Crippen molar-refractivity contribution in [3.8, 4) is 17.2 Å². The molecule has 0 saturated carbocycles. The standard InChI is InChI=1S/C25H28N4O7S2/c1-5-36-24(32)17-13-38-25(27-17)28-21(30)16-12-37-22(26-16)14-8-10-29(11-9-14)23(31)15-6-7-18(33-2)20(35-4)19(15)34-3/h6-7,12-14H,5,8-11H2,1-4H3,(H,27,28,30). The highest BCUT2D eigenvalue weighted by atomic mass is 32.1. The lowest BCUT2D eigenvalue weighted by molar-refractivity contribution is 0.0520. The molecule has 1 N–H and O–H groups in total. The minimum atomic E-state index is -0.533. The number of hydrogen-bond donors (Lipinski definition) is 1. The third-order valence-corrected chi connectivity index (χ3v) is 7.79. The summed E-state index contributed by atoms with van der Waals surface area (Å²) in [4.78, 5) is 48.2. The number of methoxy groups -OCH3 is 3. The van der Waals surface area contributed by atoms with Gasteiger partial charge in [0.15, 0.2) is 22.3 Å². The smallest absolute Gasteiger partial charge is 0.357 e. The van der Waals surface area contributed by atoms with Crippen molar-refractivity contribution in [2.24, 2.45) is 0 Å². The monoisotopic (exact) mass is 560 g/mol. The van der Waals surface area contributed by atoms with Crippen molar-refractivity contribution in [3.05, 3.63) is 44.9 Å². The topological polar surface area (TPSA) is 129 Å². The van der Waals surface area contributed by atoms with Crippen LogP contribution < -0.4 is 19.5 Å². The molecular formula is C25H28N4O7S2. The van der Waals surface area contributed by atoms with Gasteiger partial charge in [0.2, 0.25) is 5.75 Å². The number of benzene rings is 1. The molecule has 0 bridgehead atoms. The van der Waals surface area contributed by atoms with Gasteiger partial charge in [-0.2, -0.15) is 0 Å². The Morgan fingerprint density at radius 3 is 2.34 bits per heavy atom. The zero-order valence-electron chi connectivity index (χ0n) is 21.4. The number of amides is 2. The van der Waals surface area contributed by atoms with Crippen molar-refractivity contribution in [1.82, 2.24) is 14.9 Å². The molecule has 38 heavy (non-hydrogen) atoms. The second kappa shape index (κ2) is 12.2. The molecule has 2 amide bonds. The summed E-state index contributed by atoms with van der Waals surface area (Å²) in [5.74, 6) is 0.250. The van der Waals surface area contributed by atoms with Crippen molar-refractivity contribution in [3.63, 3.8) is 0 Å². The van der Waals surface area contributed by atoms with Gasteiger partial charge in [-0.1, -0.05) is 0 Å². The molecule has 3 aromatic rings. The minimum Gasteiger partial charge on any atom is -0.493 e. The number of piperidine rings is 1. The fourth-order valence-electron chi connectivity index (χ4n) is 4.14. The number of carbonyl (C=O) groups is 3. The van der Waals surface area contributed by atoms with E-state index in [0.717, 1.165) is 16.3 Å². The van der Waals surface area contributed by atoms with Crippen molar-refractivity contribution in [2.75, 3.05) is 46.3 Å². The number of thiazole rings is 2. The fraction of sp³-hybridized carbons (Fsp3) is 0.400. The van der Waals surface area contributed by atoms with E-state index in [9.17, 15) is 14.4 Å². The van der Waals surface area contributed by atoms with Crippen LogP contribution in [0.3, 0.4) is 0 Å². The van der Waals surface area contributed by atoms with E-state index in [-0.39, 0.29) is 29.8 Å². The number of nitrogens with zero attached hydrogens (tertiary/aromatic N) is 3. The molecule has 202 valence electrons. The predicted molar refractivity (Wildman–Crippen MR) is 142 cm³/mol. The SMILES string of the molecule is CCOC(=O)c1csc(NC(=O)c2csc(C3CCN(C(=O)c4ccc(OC)c(OC)c4OC)CC3)n2)n1. The van der Waals surface area contributed by atoms with Gasteiger partial charge < -0.3 is 23.8 Å². The summed E-state index contributed by atoms with van der Waals surface area (Å²) in [6.07, 6.45) is 1.43. The number of likely N-dealkylation sites (tertiary alicyclic amines) is 1. The van der Waals surface area contributed by atoms with Crippen LogP contribution >= 0.6 is 22.7 Å². The first kappa shape index (κ1) is 27.3. The van der Waals surface area contributed by atoms with E-state index in [2.05, 4.69) is 15.3 Å². The second-order valence-corrected chi connectivity index (χ2v) is 9.98. The van der Waals surface area contributed by atoms with Crippen molar-refractivity contribution < 1.29 is 33.3 Å². The molecule has 4 rings (SSSR count). The highest BCUT2D eigenvalue weighted by molar-refractivity contribution is 7.14. The van der Waals surface area contributed by atoms with E-state index in [0.29, 0.717) is 53.9 Å². The van der Waals surface area contributed by atoms with Gasteiger partial charge in [0.05, 0.1) is 38.5 Å². The molecule has 0 spiro atoms. The second-order valence-electron chi connectivity index (χ2n) is 8.23. The van der Waals surface area contributed by atoms with Gasteiger partial charge >= 0.3 is 5.97 Å². The van der Waals surface area contributed by atoms with Crippen LogP contribution in [-0.4, -0.2) is 73.7 Å². The number of rotatable bonds is 9. The molecule has 1 aliphatic heterocycles. The fourth-order valence-corrected chi connectivity index (χ4v) is 5.79. The molecule has 0 atom stereocenters. The maximum atomic E-state index is 13.3. The Morgan fingerprint density at radius 2 is 1.68 bits per heavy atom. The number of aromatic nitrogens is 2. The molecule has 1 fully saturated rings. The predicted octanol–water partition coefficient (Wildman–Crippen LogP) is 4.07. The molecule has 0 unspecified atom stereocenters. The highest BCUT2D eigenvalue weighted by Gasteiger charge is 2.30. The van der Waals surface area contributed by atoms with Gasteiger partial charge in [-0.15, -0.1) is 22.7 Å². The van der Waals surface area contributed by atoms with Gasteiger partial charge in [0.25, 0.3) is 11.8 Å². The van der Waals surface area contributed by atoms with E-state index < -0.39 is 11.9 Å². The maximum Gasteiger partial charge on any atom is 0.357 e. The highest BCUT2D eigenvalue weighted by Crippen LogP contribution is 2.41. The zero-order chi connectivity index (χ0) is 27.2. The Hall–Kier alpha value is -3.71. The van der Waals surface area contributed by atoms with E-state index in [1.54, 1.807) is 29.3 Å². The summed E-state index contributed by atoms with van der Waals surface area (Å²) in [5, 5.41) is 7.06. The molecule has 0 radical (unpaired) electrons. The summed E-state index contributed by atoms with van der Waals surface area (Å²) in [7, 11) is 4.52. The summed E-state index contributed by atoms with van der Waals surface area (Å²) < 4.78 is 21.1. The quantitative estimate of drug-likeness (QED) is 0.385. The Bertz CT molecular complexity index is 1310. The minimum absolute atomic E-state index is 0.133. The van der Waals surface area contributed by atoms with Crippen LogP contribution in [0.15, 0.2) is 22.9 Å².